The lowest BCUT2D eigenvalue weighted by molar-refractivity contribution is 0.668. The monoisotopic (exact) mass is 292 g/mol. The summed E-state index contributed by atoms with van der Waals surface area (Å²) in [6.07, 6.45) is 0.989. The van der Waals surface area contributed by atoms with E-state index in [1.807, 2.05) is 29.5 Å². The SMILES string of the molecule is CCC(C)c1nc(C)c(I)c(=O)[nH]1. The maximum atomic E-state index is 11.4. The Kier molecular flexibility index (Phi) is 3.47. The van der Waals surface area contributed by atoms with Crippen LogP contribution in [0.15, 0.2) is 4.79 Å². The summed E-state index contributed by atoms with van der Waals surface area (Å²) in [6, 6.07) is 0. The molecule has 0 fully saturated rings. The van der Waals surface area contributed by atoms with Crippen molar-refractivity contribution >= 4 is 22.6 Å². The third-order valence-corrected chi connectivity index (χ3v) is 3.40. The number of halogens is 1. The second-order valence-corrected chi connectivity index (χ2v) is 4.24. The van der Waals surface area contributed by atoms with Gasteiger partial charge in [0.1, 0.15) is 5.82 Å². The zero-order valence-electron chi connectivity index (χ0n) is 8.02. The number of aromatic amines is 1. The molecule has 4 heteroatoms. The van der Waals surface area contributed by atoms with Crippen LogP contribution >= 0.6 is 22.6 Å². The second-order valence-electron chi connectivity index (χ2n) is 3.16. The van der Waals surface area contributed by atoms with Crippen LogP contribution in [0.25, 0.3) is 0 Å². The molecule has 1 unspecified atom stereocenters. The molecule has 13 heavy (non-hydrogen) atoms. The predicted molar refractivity (Wildman–Crippen MR) is 61.0 cm³/mol. The number of H-pyrrole nitrogens is 1. The van der Waals surface area contributed by atoms with Crippen LogP contribution in [0.3, 0.4) is 0 Å². The van der Waals surface area contributed by atoms with Crippen LogP contribution in [-0.4, -0.2) is 9.97 Å². The van der Waals surface area contributed by atoms with Crippen molar-refractivity contribution in [3.8, 4) is 0 Å². The second kappa shape index (κ2) is 4.21. The highest BCUT2D eigenvalue weighted by atomic mass is 127. The van der Waals surface area contributed by atoms with E-state index < -0.39 is 0 Å². The fraction of sp³-hybridized carbons (Fsp3) is 0.556. The number of hydrogen-bond acceptors (Lipinski definition) is 2. The lowest BCUT2D eigenvalue weighted by Gasteiger charge is -2.08. The molecule has 0 radical (unpaired) electrons. The van der Waals surface area contributed by atoms with Crippen LogP contribution < -0.4 is 5.56 Å². The largest absolute Gasteiger partial charge is 0.309 e. The summed E-state index contributed by atoms with van der Waals surface area (Å²) < 4.78 is 0.685. The summed E-state index contributed by atoms with van der Waals surface area (Å²) in [4.78, 5) is 18.5. The fourth-order valence-electron chi connectivity index (χ4n) is 1.02. The highest BCUT2D eigenvalue weighted by Gasteiger charge is 2.09. The van der Waals surface area contributed by atoms with E-state index in [0.29, 0.717) is 9.49 Å². The van der Waals surface area contributed by atoms with Crippen LogP contribution in [0, 0.1) is 10.5 Å². The molecule has 1 heterocycles. The fourth-order valence-corrected chi connectivity index (χ4v) is 1.28. The van der Waals surface area contributed by atoms with Crippen molar-refractivity contribution in [1.29, 1.82) is 0 Å². The molecule has 1 aromatic rings. The normalized spacial score (nSPS) is 12.9. The van der Waals surface area contributed by atoms with Crippen molar-refractivity contribution in [2.75, 3.05) is 0 Å². The van der Waals surface area contributed by atoms with Gasteiger partial charge in [0.25, 0.3) is 5.56 Å². The van der Waals surface area contributed by atoms with Gasteiger partial charge in [-0.15, -0.1) is 0 Å². The van der Waals surface area contributed by atoms with Crippen molar-refractivity contribution in [3.05, 3.63) is 25.4 Å². The summed E-state index contributed by atoms with van der Waals surface area (Å²) in [7, 11) is 0. The van der Waals surface area contributed by atoms with Crippen LogP contribution in [-0.2, 0) is 0 Å². The third-order valence-electron chi connectivity index (χ3n) is 2.13. The van der Waals surface area contributed by atoms with Gasteiger partial charge in [0.2, 0.25) is 0 Å². The van der Waals surface area contributed by atoms with E-state index in [9.17, 15) is 4.79 Å². The number of nitrogens with one attached hydrogen (secondary N) is 1. The quantitative estimate of drug-likeness (QED) is 0.849. The molecular formula is C9H13IN2O. The first-order valence-electron chi connectivity index (χ1n) is 4.32. The first-order chi connectivity index (χ1) is 6.06. The van der Waals surface area contributed by atoms with Crippen molar-refractivity contribution in [2.45, 2.75) is 33.1 Å². The minimum absolute atomic E-state index is 0.0246. The lowest BCUT2D eigenvalue weighted by atomic mass is 10.1. The molecule has 0 spiro atoms. The third kappa shape index (κ3) is 2.30. The lowest BCUT2D eigenvalue weighted by Crippen LogP contribution is -2.17. The molecule has 1 aromatic heterocycles. The minimum Gasteiger partial charge on any atom is -0.309 e. The topological polar surface area (TPSA) is 45.8 Å². The Morgan fingerprint density at radius 1 is 1.62 bits per heavy atom. The van der Waals surface area contributed by atoms with Gasteiger partial charge in [-0.3, -0.25) is 4.79 Å². The van der Waals surface area contributed by atoms with Gasteiger partial charge in [0.05, 0.1) is 9.26 Å². The summed E-state index contributed by atoms with van der Waals surface area (Å²) in [5.41, 5.74) is 0.794. The Morgan fingerprint density at radius 2 is 2.23 bits per heavy atom. The van der Waals surface area contributed by atoms with Gasteiger partial charge in [-0.05, 0) is 35.9 Å². The number of aromatic nitrogens is 2. The molecular weight excluding hydrogens is 279 g/mol. The molecule has 0 aliphatic carbocycles. The van der Waals surface area contributed by atoms with E-state index in [1.165, 1.54) is 0 Å². The predicted octanol–water partition coefficient (Wildman–Crippen LogP) is 2.20. The van der Waals surface area contributed by atoms with E-state index in [2.05, 4.69) is 23.8 Å². The van der Waals surface area contributed by atoms with E-state index in [4.69, 9.17) is 0 Å². The molecule has 72 valence electrons. The summed E-state index contributed by atoms with van der Waals surface area (Å²) in [5, 5.41) is 0. The average Bonchev–Trinajstić information content (AvgIpc) is 2.12. The Labute approximate surface area is 91.1 Å². The average molecular weight is 292 g/mol. The van der Waals surface area contributed by atoms with E-state index in [0.717, 1.165) is 17.9 Å². The van der Waals surface area contributed by atoms with Gasteiger partial charge in [0, 0.05) is 5.92 Å². The Hall–Kier alpha value is -0.390. The van der Waals surface area contributed by atoms with Crippen molar-refractivity contribution < 1.29 is 0 Å². The van der Waals surface area contributed by atoms with Crippen molar-refractivity contribution in [3.63, 3.8) is 0 Å². The van der Waals surface area contributed by atoms with Crippen LogP contribution in [0.1, 0.15) is 37.7 Å². The van der Waals surface area contributed by atoms with E-state index in [-0.39, 0.29) is 5.56 Å². The first-order valence-corrected chi connectivity index (χ1v) is 5.40. The van der Waals surface area contributed by atoms with Gasteiger partial charge in [-0.2, -0.15) is 0 Å². The van der Waals surface area contributed by atoms with Gasteiger partial charge >= 0.3 is 0 Å². The Morgan fingerprint density at radius 3 is 2.69 bits per heavy atom. The molecule has 0 aliphatic rings. The standard InChI is InChI=1S/C9H13IN2O/c1-4-5(2)8-11-6(3)7(10)9(13)12-8/h5H,4H2,1-3H3,(H,11,12,13). The zero-order chi connectivity index (χ0) is 10.0. The Bertz CT molecular complexity index is 359. The van der Waals surface area contributed by atoms with Crippen LogP contribution in [0.5, 0.6) is 0 Å². The van der Waals surface area contributed by atoms with Gasteiger partial charge in [-0.25, -0.2) is 4.98 Å². The number of aryl methyl sites for hydroxylation is 1. The highest BCUT2D eigenvalue weighted by molar-refractivity contribution is 14.1. The highest BCUT2D eigenvalue weighted by Crippen LogP contribution is 2.13. The summed E-state index contributed by atoms with van der Waals surface area (Å²) in [6.45, 7) is 6.01. The molecule has 0 aromatic carbocycles. The number of rotatable bonds is 2. The number of nitrogens with zero attached hydrogens (tertiary/aromatic N) is 1. The molecule has 0 saturated carbocycles. The first kappa shape index (κ1) is 10.7. The molecule has 0 aliphatic heterocycles. The summed E-state index contributed by atoms with van der Waals surface area (Å²) >= 11 is 2.01. The van der Waals surface area contributed by atoms with Crippen LogP contribution in [0.2, 0.25) is 0 Å². The van der Waals surface area contributed by atoms with Gasteiger partial charge in [-0.1, -0.05) is 13.8 Å². The molecule has 0 bridgehead atoms. The van der Waals surface area contributed by atoms with E-state index >= 15 is 0 Å². The van der Waals surface area contributed by atoms with Crippen molar-refractivity contribution in [1.82, 2.24) is 9.97 Å². The molecule has 1 rings (SSSR count). The molecule has 1 N–H and O–H groups in total. The van der Waals surface area contributed by atoms with E-state index in [1.54, 1.807) is 0 Å². The molecule has 1 atom stereocenters. The summed E-state index contributed by atoms with van der Waals surface area (Å²) in [5.74, 6) is 1.12. The minimum atomic E-state index is -0.0246. The Balaban J connectivity index is 3.21. The maximum absolute atomic E-state index is 11.4. The molecule has 0 saturated heterocycles. The van der Waals surface area contributed by atoms with Gasteiger partial charge < -0.3 is 4.98 Å². The smallest absolute Gasteiger partial charge is 0.264 e. The number of hydrogen-bond donors (Lipinski definition) is 1. The molecule has 3 nitrogen and oxygen atoms in total. The van der Waals surface area contributed by atoms with Gasteiger partial charge in [0.15, 0.2) is 0 Å². The zero-order valence-corrected chi connectivity index (χ0v) is 10.2. The maximum Gasteiger partial charge on any atom is 0.264 e. The molecule has 0 amide bonds. The van der Waals surface area contributed by atoms with Crippen LogP contribution in [0.4, 0.5) is 0 Å². The van der Waals surface area contributed by atoms with Crippen molar-refractivity contribution in [2.24, 2.45) is 0 Å².